The first-order valence-corrected chi connectivity index (χ1v) is 3.78. The van der Waals surface area contributed by atoms with Crippen LogP contribution in [0, 0.1) is 17.8 Å². The van der Waals surface area contributed by atoms with Gasteiger partial charge in [-0.15, -0.1) is 5.73 Å². The van der Waals surface area contributed by atoms with Gasteiger partial charge in [0.2, 0.25) is 0 Å². The second-order valence-electron chi connectivity index (χ2n) is 3.17. The van der Waals surface area contributed by atoms with Crippen LogP contribution in [0.1, 0.15) is 19.8 Å². The van der Waals surface area contributed by atoms with Gasteiger partial charge in [0.1, 0.15) is 0 Å². The Morgan fingerprint density at radius 2 is 2.56 bits per heavy atom. The standard InChI is InChI=1S/C9H12/c1-3-6-5-8-7(4-2)9(6)8/h6,8-9H,2-3,5H2,1H3. The third-order valence-electron chi connectivity index (χ3n) is 2.88. The number of hydrogen-bond acceptors (Lipinski definition) is 0. The summed E-state index contributed by atoms with van der Waals surface area (Å²) < 4.78 is 0. The number of allylic oxidation sites excluding steroid dienone is 1. The van der Waals surface area contributed by atoms with Crippen LogP contribution < -0.4 is 0 Å². The molecule has 0 amide bonds. The highest BCUT2D eigenvalue weighted by molar-refractivity contribution is 5.35. The molecule has 0 aromatic rings. The molecule has 0 radical (unpaired) electrons. The van der Waals surface area contributed by atoms with E-state index in [9.17, 15) is 0 Å². The van der Waals surface area contributed by atoms with E-state index in [-0.39, 0.29) is 0 Å². The molecule has 2 aliphatic rings. The molecule has 2 fully saturated rings. The lowest BCUT2D eigenvalue weighted by molar-refractivity contribution is 0.280. The van der Waals surface area contributed by atoms with Crippen molar-refractivity contribution in [2.24, 2.45) is 17.8 Å². The summed E-state index contributed by atoms with van der Waals surface area (Å²) in [7, 11) is 0. The van der Waals surface area contributed by atoms with E-state index < -0.39 is 0 Å². The van der Waals surface area contributed by atoms with E-state index in [0.29, 0.717) is 0 Å². The molecule has 0 spiro atoms. The van der Waals surface area contributed by atoms with Crippen LogP contribution in [0.5, 0.6) is 0 Å². The topological polar surface area (TPSA) is 0 Å². The smallest absolute Gasteiger partial charge is 0.00239 e. The zero-order chi connectivity index (χ0) is 6.43. The molecule has 0 bridgehead atoms. The quantitative estimate of drug-likeness (QED) is 0.466. The summed E-state index contributed by atoms with van der Waals surface area (Å²) in [5.74, 6) is 2.87. The normalized spacial score (nSPS) is 45.0. The summed E-state index contributed by atoms with van der Waals surface area (Å²) in [5.41, 5.74) is 4.56. The highest BCUT2D eigenvalue weighted by Crippen LogP contribution is 2.64. The maximum absolute atomic E-state index is 3.67. The average Bonchev–Trinajstić information content (AvgIpc) is 2.38. The molecule has 0 saturated heterocycles. The van der Waals surface area contributed by atoms with Gasteiger partial charge in [-0.3, -0.25) is 0 Å². The SMILES string of the molecule is C=C=C1C2CC(CC)C12. The molecule has 3 atom stereocenters. The van der Waals surface area contributed by atoms with Crippen molar-refractivity contribution < 1.29 is 0 Å². The van der Waals surface area contributed by atoms with Gasteiger partial charge in [-0.1, -0.05) is 19.9 Å². The van der Waals surface area contributed by atoms with Crippen LogP contribution in [0.3, 0.4) is 0 Å². The van der Waals surface area contributed by atoms with Crippen molar-refractivity contribution in [3.05, 3.63) is 17.9 Å². The molecule has 2 rings (SSSR count). The fourth-order valence-electron chi connectivity index (χ4n) is 2.14. The van der Waals surface area contributed by atoms with Gasteiger partial charge >= 0.3 is 0 Å². The van der Waals surface area contributed by atoms with Crippen LogP contribution in [0.2, 0.25) is 0 Å². The summed E-state index contributed by atoms with van der Waals surface area (Å²) in [6.45, 7) is 5.95. The third-order valence-corrected chi connectivity index (χ3v) is 2.88. The Kier molecular flexibility index (Phi) is 0.896. The lowest BCUT2D eigenvalue weighted by Crippen LogP contribution is -2.13. The summed E-state index contributed by atoms with van der Waals surface area (Å²) in [6, 6.07) is 0. The van der Waals surface area contributed by atoms with Gasteiger partial charge in [-0.05, 0) is 29.7 Å². The summed E-state index contributed by atoms with van der Waals surface area (Å²) >= 11 is 0. The van der Waals surface area contributed by atoms with Crippen molar-refractivity contribution in [3.8, 4) is 0 Å². The molecular formula is C9H12. The number of hydrogen-bond donors (Lipinski definition) is 0. The maximum atomic E-state index is 3.67. The van der Waals surface area contributed by atoms with Crippen LogP contribution >= 0.6 is 0 Å². The van der Waals surface area contributed by atoms with Gasteiger partial charge in [-0.25, -0.2) is 0 Å². The molecule has 0 N–H and O–H groups in total. The molecule has 48 valence electrons. The molecule has 2 saturated carbocycles. The first-order valence-electron chi connectivity index (χ1n) is 3.78. The average molecular weight is 120 g/mol. The second-order valence-corrected chi connectivity index (χ2v) is 3.17. The minimum absolute atomic E-state index is 0.937. The second kappa shape index (κ2) is 1.52. The molecule has 0 aromatic heterocycles. The van der Waals surface area contributed by atoms with Crippen LogP contribution in [-0.2, 0) is 0 Å². The molecule has 0 nitrogen and oxygen atoms in total. The van der Waals surface area contributed by atoms with E-state index in [2.05, 4.69) is 19.2 Å². The Morgan fingerprint density at radius 1 is 1.78 bits per heavy atom. The van der Waals surface area contributed by atoms with E-state index >= 15 is 0 Å². The predicted molar refractivity (Wildman–Crippen MR) is 38.0 cm³/mol. The van der Waals surface area contributed by atoms with Crippen molar-refractivity contribution in [3.63, 3.8) is 0 Å². The lowest BCUT2D eigenvalue weighted by Gasteiger charge is -2.20. The van der Waals surface area contributed by atoms with Gasteiger partial charge in [0.15, 0.2) is 0 Å². The van der Waals surface area contributed by atoms with Gasteiger partial charge < -0.3 is 0 Å². The van der Waals surface area contributed by atoms with Crippen LogP contribution in [0.15, 0.2) is 17.9 Å². The zero-order valence-electron chi connectivity index (χ0n) is 5.85. The minimum Gasteiger partial charge on any atom is -0.129 e. The predicted octanol–water partition coefficient (Wildman–Crippen LogP) is 2.37. The molecule has 3 unspecified atom stereocenters. The van der Waals surface area contributed by atoms with Crippen molar-refractivity contribution in [1.29, 1.82) is 0 Å². The van der Waals surface area contributed by atoms with Gasteiger partial charge in [0.25, 0.3) is 0 Å². The minimum atomic E-state index is 0.937. The van der Waals surface area contributed by atoms with Crippen LogP contribution in [0.25, 0.3) is 0 Å². The van der Waals surface area contributed by atoms with Crippen molar-refractivity contribution in [2.75, 3.05) is 0 Å². The molecule has 0 heterocycles. The van der Waals surface area contributed by atoms with Crippen molar-refractivity contribution in [2.45, 2.75) is 19.8 Å². The monoisotopic (exact) mass is 120 g/mol. The van der Waals surface area contributed by atoms with E-state index in [4.69, 9.17) is 0 Å². The van der Waals surface area contributed by atoms with Crippen molar-refractivity contribution >= 4 is 0 Å². The van der Waals surface area contributed by atoms with Gasteiger partial charge in [-0.2, -0.15) is 0 Å². The highest BCUT2D eigenvalue weighted by Gasteiger charge is 2.57. The third kappa shape index (κ3) is 0.495. The number of rotatable bonds is 1. The maximum Gasteiger partial charge on any atom is -0.00239 e. The first-order chi connectivity index (χ1) is 4.38. The van der Waals surface area contributed by atoms with Crippen molar-refractivity contribution in [1.82, 2.24) is 0 Å². The van der Waals surface area contributed by atoms with E-state index in [1.54, 1.807) is 0 Å². The first kappa shape index (κ1) is 5.32. The molecule has 0 aliphatic heterocycles. The summed E-state index contributed by atoms with van der Waals surface area (Å²) in [6.07, 6.45) is 2.78. The molecular weight excluding hydrogens is 108 g/mol. The van der Waals surface area contributed by atoms with Gasteiger partial charge in [0, 0.05) is 0 Å². The van der Waals surface area contributed by atoms with Crippen LogP contribution in [0.4, 0.5) is 0 Å². The Balaban J connectivity index is 2.09. The molecule has 0 aromatic carbocycles. The van der Waals surface area contributed by atoms with Gasteiger partial charge in [0.05, 0.1) is 0 Å². The zero-order valence-corrected chi connectivity index (χ0v) is 5.85. The Hall–Kier alpha value is -0.480. The highest BCUT2D eigenvalue weighted by atomic mass is 14.6. The van der Waals surface area contributed by atoms with E-state index in [0.717, 1.165) is 17.8 Å². The summed E-state index contributed by atoms with van der Waals surface area (Å²) in [4.78, 5) is 0. The Morgan fingerprint density at radius 3 is 2.89 bits per heavy atom. The molecule has 0 heteroatoms. The van der Waals surface area contributed by atoms with E-state index in [1.807, 2.05) is 0 Å². The molecule has 9 heavy (non-hydrogen) atoms. The Bertz CT molecular complexity index is 184. The fourth-order valence-corrected chi connectivity index (χ4v) is 2.14. The Labute approximate surface area is 56.3 Å². The van der Waals surface area contributed by atoms with E-state index in [1.165, 1.54) is 18.4 Å². The fraction of sp³-hybridized carbons (Fsp3) is 0.667. The van der Waals surface area contributed by atoms with Crippen LogP contribution in [-0.4, -0.2) is 0 Å². The largest absolute Gasteiger partial charge is 0.129 e. The number of fused-ring (bicyclic) bond motifs is 1. The molecule has 2 aliphatic carbocycles. The lowest BCUT2D eigenvalue weighted by atomic mass is 9.84. The summed E-state index contributed by atoms with van der Waals surface area (Å²) in [5, 5.41) is 0.